The summed E-state index contributed by atoms with van der Waals surface area (Å²) in [5.74, 6) is -4.11. The Morgan fingerprint density at radius 3 is 2.06 bits per heavy atom. The smallest absolute Gasteiger partial charge is 0.311 e. The van der Waals surface area contributed by atoms with Crippen LogP contribution in [-0.4, -0.2) is 141 Å². The molecule has 294 valence electrons. The van der Waals surface area contributed by atoms with Gasteiger partial charge in [-0.1, -0.05) is 27.7 Å². The average molecular weight is 722 g/mol. The topological polar surface area (TPSA) is 206 Å². The van der Waals surface area contributed by atoms with Crippen molar-refractivity contribution in [2.24, 2.45) is 23.7 Å². The van der Waals surface area contributed by atoms with Crippen LogP contribution in [0.3, 0.4) is 0 Å². The van der Waals surface area contributed by atoms with Crippen LogP contribution < -0.4 is 5.32 Å². The van der Waals surface area contributed by atoms with Gasteiger partial charge in [-0.3, -0.25) is 4.79 Å². The van der Waals surface area contributed by atoms with E-state index in [1.54, 1.807) is 62.4 Å². The monoisotopic (exact) mass is 721 g/mol. The third-order valence-corrected chi connectivity index (χ3v) is 11.8. The van der Waals surface area contributed by atoms with E-state index in [1.807, 2.05) is 6.92 Å². The van der Waals surface area contributed by atoms with Gasteiger partial charge in [-0.25, -0.2) is 0 Å². The second-order valence-corrected chi connectivity index (χ2v) is 16.1. The van der Waals surface area contributed by atoms with Crippen molar-refractivity contribution < 1.29 is 63.9 Å². The molecular weight excluding hydrogens is 654 g/mol. The van der Waals surface area contributed by atoms with Gasteiger partial charge in [-0.2, -0.15) is 0 Å². The van der Waals surface area contributed by atoms with Gasteiger partial charge in [-0.05, 0) is 73.8 Å². The van der Waals surface area contributed by atoms with E-state index in [9.17, 15) is 35.4 Å². The molecular formula is C36H67NO13. The fourth-order valence-corrected chi connectivity index (χ4v) is 8.39. The minimum atomic E-state index is -1.93. The van der Waals surface area contributed by atoms with E-state index < -0.39 is 108 Å². The summed E-state index contributed by atoms with van der Waals surface area (Å²) in [6, 6.07) is -0.361. The van der Waals surface area contributed by atoms with Gasteiger partial charge in [0.2, 0.25) is 0 Å². The first kappa shape index (κ1) is 43.4. The third kappa shape index (κ3) is 9.19. The first-order valence-corrected chi connectivity index (χ1v) is 18.3. The molecule has 0 aromatic rings. The molecule has 0 amide bonds. The number of esters is 1. The Bertz CT molecular complexity index is 1090. The average Bonchev–Trinajstić information content (AvgIpc) is 3.05. The molecule has 19 atom stereocenters. The normalized spacial score (nSPS) is 51.8. The van der Waals surface area contributed by atoms with Gasteiger partial charge >= 0.3 is 5.97 Å². The summed E-state index contributed by atoms with van der Waals surface area (Å²) in [6.07, 6.45) is -10.5. The summed E-state index contributed by atoms with van der Waals surface area (Å²) >= 11 is 0. The summed E-state index contributed by atoms with van der Waals surface area (Å²) < 4.78 is 37.0. The van der Waals surface area contributed by atoms with Crippen molar-refractivity contribution in [2.75, 3.05) is 14.2 Å². The maximum Gasteiger partial charge on any atom is 0.311 e. The molecule has 3 aliphatic rings. The molecule has 0 saturated carbocycles. The molecule has 14 nitrogen and oxygen atoms in total. The zero-order chi connectivity index (χ0) is 38.1. The van der Waals surface area contributed by atoms with Crippen molar-refractivity contribution in [1.29, 1.82) is 0 Å². The Morgan fingerprint density at radius 1 is 0.880 bits per heavy atom. The first-order chi connectivity index (χ1) is 23.1. The Hall–Kier alpha value is -1.01. The number of rotatable bonds is 7. The molecule has 0 aromatic heterocycles. The van der Waals surface area contributed by atoms with Crippen LogP contribution in [0, 0.1) is 23.7 Å². The number of aliphatic hydroxyl groups excluding tert-OH is 4. The van der Waals surface area contributed by atoms with Crippen LogP contribution in [0.1, 0.15) is 94.9 Å². The van der Waals surface area contributed by atoms with Crippen LogP contribution in [-0.2, 0) is 33.2 Å². The zero-order valence-corrected chi connectivity index (χ0v) is 32.1. The summed E-state index contributed by atoms with van der Waals surface area (Å²) in [5.41, 5.74) is -4.70. The highest BCUT2D eigenvalue weighted by atomic mass is 16.7. The molecule has 0 radical (unpaired) electrons. The standard InChI is InChI=1S/C36H67NO13/c1-13-24-36(10,44)29(40)19(4)26(38)17(2)15-34(8,43)31(50-33-27(39)23(37-11)14-18(3)46-33)20(5)28(21(6)32(42)48-24)49-25-16-35(9,45-12)30(41)22(7)47-25/h17-31,33,37-41,43-44H,13-16H2,1-12H3/t17-,18-,19+,20+,21-,22+,23+,24-,25+,26+,27-,28+,29-,30+,31-,33+,34-,35-,36-/m1/s1. The molecule has 14 heteroatoms. The molecule has 3 saturated heterocycles. The van der Waals surface area contributed by atoms with Crippen molar-refractivity contribution in [3.63, 3.8) is 0 Å². The number of carbonyl (C=O) groups is 1. The van der Waals surface area contributed by atoms with Crippen molar-refractivity contribution >= 4 is 5.97 Å². The molecule has 3 fully saturated rings. The van der Waals surface area contributed by atoms with E-state index >= 15 is 0 Å². The fourth-order valence-electron chi connectivity index (χ4n) is 8.39. The Labute approximate surface area is 298 Å². The van der Waals surface area contributed by atoms with Crippen LogP contribution in [0.4, 0.5) is 0 Å². The summed E-state index contributed by atoms with van der Waals surface area (Å²) in [5, 5.41) is 72.0. The molecule has 0 aliphatic carbocycles. The molecule has 3 aliphatic heterocycles. The highest BCUT2D eigenvalue weighted by Crippen LogP contribution is 2.41. The number of ether oxygens (including phenoxy) is 6. The van der Waals surface area contributed by atoms with Crippen LogP contribution >= 0.6 is 0 Å². The number of hydrogen-bond donors (Lipinski definition) is 7. The number of aliphatic hydroxyl groups is 6. The van der Waals surface area contributed by atoms with E-state index in [4.69, 9.17) is 28.4 Å². The van der Waals surface area contributed by atoms with Crippen molar-refractivity contribution in [3.05, 3.63) is 0 Å². The summed E-state index contributed by atoms with van der Waals surface area (Å²) in [6.45, 7) is 16.6. The maximum absolute atomic E-state index is 14.1. The molecule has 0 bridgehead atoms. The number of hydrogen-bond acceptors (Lipinski definition) is 14. The first-order valence-electron chi connectivity index (χ1n) is 18.3. The van der Waals surface area contributed by atoms with E-state index in [-0.39, 0.29) is 31.4 Å². The van der Waals surface area contributed by atoms with Crippen molar-refractivity contribution in [3.8, 4) is 0 Å². The number of nitrogens with one attached hydrogen (secondary N) is 1. The highest BCUT2D eigenvalue weighted by Gasteiger charge is 2.53. The molecule has 7 N–H and O–H groups in total. The Kier molecular flexibility index (Phi) is 14.7. The van der Waals surface area contributed by atoms with Gasteiger partial charge in [0.1, 0.15) is 23.9 Å². The molecule has 0 spiro atoms. The largest absolute Gasteiger partial charge is 0.459 e. The second kappa shape index (κ2) is 17.0. The Balaban J connectivity index is 2.17. The molecule has 50 heavy (non-hydrogen) atoms. The van der Waals surface area contributed by atoms with Crippen LogP contribution in [0.25, 0.3) is 0 Å². The maximum atomic E-state index is 14.1. The third-order valence-electron chi connectivity index (χ3n) is 11.8. The number of methoxy groups -OCH3 is 1. The lowest BCUT2D eigenvalue weighted by molar-refractivity contribution is -0.316. The second-order valence-electron chi connectivity index (χ2n) is 16.1. The lowest BCUT2D eigenvalue weighted by Crippen LogP contribution is -2.61. The van der Waals surface area contributed by atoms with E-state index in [0.717, 1.165) is 0 Å². The highest BCUT2D eigenvalue weighted by molar-refractivity contribution is 5.73. The van der Waals surface area contributed by atoms with Crippen LogP contribution in [0.15, 0.2) is 0 Å². The summed E-state index contributed by atoms with van der Waals surface area (Å²) in [4.78, 5) is 14.1. The lowest BCUT2D eigenvalue weighted by Gasteiger charge is -2.49. The SMILES string of the molecule is CC[C@H]1OC(=O)[C@H](C)[C@@H](O[C@H]2C[C@@](C)(OC)[C@@H](O)[C@H](C)O2)[C@H](C)[C@@H](O[C@@H]2O[C@H](C)C[C@H](NC)[C@H]2O)[C@](C)(O)C[C@@H](C)[C@H](O)[C@H](C)[C@@H](O)[C@]1(C)O. The molecule has 3 rings (SSSR count). The van der Waals surface area contributed by atoms with Crippen molar-refractivity contribution in [2.45, 2.75) is 185 Å². The van der Waals surface area contributed by atoms with Gasteiger partial charge in [-0.15, -0.1) is 0 Å². The lowest BCUT2D eigenvalue weighted by atomic mass is 9.73. The minimum Gasteiger partial charge on any atom is -0.459 e. The molecule has 0 unspecified atom stereocenters. The number of cyclic esters (lactones) is 1. The van der Waals surface area contributed by atoms with Gasteiger partial charge in [0.05, 0.1) is 53.7 Å². The zero-order valence-electron chi connectivity index (χ0n) is 32.1. The quantitative estimate of drug-likeness (QED) is 0.185. The van der Waals surface area contributed by atoms with E-state index in [0.29, 0.717) is 6.42 Å². The van der Waals surface area contributed by atoms with Gasteiger partial charge in [0.25, 0.3) is 0 Å². The fraction of sp³-hybridized carbons (Fsp3) is 0.972. The predicted molar refractivity (Wildman–Crippen MR) is 183 cm³/mol. The summed E-state index contributed by atoms with van der Waals surface area (Å²) in [7, 11) is 3.22. The number of carbonyl (C=O) groups excluding carboxylic acids is 1. The molecule has 3 heterocycles. The van der Waals surface area contributed by atoms with Gasteiger partial charge in [0.15, 0.2) is 12.6 Å². The van der Waals surface area contributed by atoms with Crippen LogP contribution in [0.2, 0.25) is 0 Å². The van der Waals surface area contributed by atoms with Crippen LogP contribution in [0.5, 0.6) is 0 Å². The number of likely N-dealkylation sites (N-methyl/N-ethyl adjacent to an activating group) is 1. The van der Waals surface area contributed by atoms with Gasteiger partial charge in [0, 0.05) is 31.4 Å². The Morgan fingerprint density at radius 2 is 1.50 bits per heavy atom. The van der Waals surface area contributed by atoms with E-state index in [1.165, 1.54) is 14.0 Å². The minimum absolute atomic E-state index is 0.0378. The van der Waals surface area contributed by atoms with E-state index in [2.05, 4.69) is 5.32 Å². The molecule has 0 aromatic carbocycles. The van der Waals surface area contributed by atoms with Gasteiger partial charge < -0.3 is 64.4 Å². The van der Waals surface area contributed by atoms with Crippen molar-refractivity contribution in [1.82, 2.24) is 5.32 Å². The predicted octanol–water partition coefficient (Wildman–Crippen LogP) is 1.24.